The second-order valence-electron chi connectivity index (χ2n) is 3.97. The Morgan fingerprint density at radius 2 is 1.07 bits per heavy atom. The summed E-state index contributed by atoms with van der Waals surface area (Å²) in [6.45, 7) is 6.71. The molecule has 0 amide bonds. The van der Waals surface area contributed by atoms with E-state index in [-0.39, 0.29) is 0 Å². The predicted molar refractivity (Wildman–Crippen MR) is 64.3 cm³/mol. The van der Waals surface area contributed by atoms with Crippen LogP contribution in [0.15, 0.2) is 0 Å². The van der Waals surface area contributed by atoms with Crippen LogP contribution >= 0.6 is 0 Å². The second kappa shape index (κ2) is 12.9. The van der Waals surface area contributed by atoms with Gasteiger partial charge in [-0.1, -0.05) is 52.4 Å². The van der Waals surface area contributed by atoms with Crippen molar-refractivity contribution in [2.75, 3.05) is 13.1 Å². The standard InChI is InChI=1S/C12H28N2/c1-3-5-7-8-9-10-12-14-13-11-6-4-2/h13-14H,3-12H2,1-2H3. The third-order valence-electron chi connectivity index (χ3n) is 2.44. The molecule has 86 valence electrons. The van der Waals surface area contributed by atoms with Gasteiger partial charge in [-0.2, -0.15) is 0 Å². The molecule has 0 radical (unpaired) electrons. The first-order valence-corrected chi connectivity index (χ1v) is 6.37. The highest BCUT2D eigenvalue weighted by Gasteiger charge is 1.89. The third kappa shape index (κ3) is 11.9. The van der Waals surface area contributed by atoms with Gasteiger partial charge in [0.2, 0.25) is 0 Å². The topological polar surface area (TPSA) is 24.1 Å². The van der Waals surface area contributed by atoms with Crippen LogP contribution in [0.2, 0.25) is 0 Å². The van der Waals surface area contributed by atoms with Crippen molar-refractivity contribution in [3.8, 4) is 0 Å². The maximum absolute atomic E-state index is 3.26. The quantitative estimate of drug-likeness (QED) is 0.395. The molecule has 0 saturated carbocycles. The molecule has 2 nitrogen and oxygen atoms in total. The summed E-state index contributed by atoms with van der Waals surface area (Å²) in [6.07, 6.45) is 10.8. The Bertz CT molecular complexity index is 82.3. The zero-order valence-electron chi connectivity index (χ0n) is 10.1. The van der Waals surface area contributed by atoms with Gasteiger partial charge in [-0.25, -0.2) is 0 Å². The van der Waals surface area contributed by atoms with Crippen LogP contribution < -0.4 is 10.9 Å². The first-order valence-electron chi connectivity index (χ1n) is 6.37. The lowest BCUT2D eigenvalue weighted by Crippen LogP contribution is -2.33. The van der Waals surface area contributed by atoms with E-state index in [0.29, 0.717) is 0 Å². The summed E-state index contributed by atoms with van der Waals surface area (Å²) >= 11 is 0. The molecule has 2 N–H and O–H groups in total. The van der Waals surface area contributed by atoms with E-state index in [0.717, 1.165) is 13.1 Å². The maximum Gasteiger partial charge on any atom is 0.00997 e. The van der Waals surface area contributed by atoms with Gasteiger partial charge in [-0.15, -0.1) is 0 Å². The maximum atomic E-state index is 3.26. The SMILES string of the molecule is CCCCCCCCNNCCCC. The molecule has 0 aromatic heterocycles. The molecule has 0 saturated heterocycles. The molecule has 0 bridgehead atoms. The molecule has 0 spiro atoms. The molecule has 0 aliphatic carbocycles. The summed E-state index contributed by atoms with van der Waals surface area (Å²) in [7, 11) is 0. The number of rotatable bonds is 11. The average Bonchev–Trinajstić information content (AvgIpc) is 2.21. The van der Waals surface area contributed by atoms with Crippen LogP contribution in [0, 0.1) is 0 Å². The number of hydrogen-bond donors (Lipinski definition) is 2. The van der Waals surface area contributed by atoms with Crippen LogP contribution in [-0.2, 0) is 0 Å². The minimum absolute atomic E-state index is 1.10. The van der Waals surface area contributed by atoms with Gasteiger partial charge in [0.25, 0.3) is 0 Å². The first-order chi connectivity index (χ1) is 6.91. The lowest BCUT2D eigenvalue weighted by molar-refractivity contribution is 0.491. The Morgan fingerprint density at radius 1 is 0.571 bits per heavy atom. The normalized spacial score (nSPS) is 10.7. The molecule has 14 heavy (non-hydrogen) atoms. The molecule has 0 heterocycles. The second-order valence-corrected chi connectivity index (χ2v) is 3.97. The lowest BCUT2D eigenvalue weighted by Gasteiger charge is -2.05. The van der Waals surface area contributed by atoms with Crippen molar-refractivity contribution in [1.82, 2.24) is 10.9 Å². The van der Waals surface area contributed by atoms with Gasteiger partial charge < -0.3 is 0 Å². The van der Waals surface area contributed by atoms with Crippen molar-refractivity contribution in [3.05, 3.63) is 0 Å². The van der Waals surface area contributed by atoms with Crippen molar-refractivity contribution >= 4 is 0 Å². The Kier molecular flexibility index (Phi) is 12.8. The summed E-state index contributed by atoms with van der Waals surface area (Å²) in [4.78, 5) is 0. The molecule has 0 fully saturated rings. The van der Waals surface area contributed by atoms with Crippen LogP contribution in [-0.4, -0.2) is 13.1 Å². The number of unbranched alkanes of at least 4 members (excludes halogenated alkanes) is 6. The lowest BCUT2D eigenvalue weighted by atomic mass is 10.1. The highest BCUT2D eigenvalue weighted by Crippen LogP contribution is 2.03. The minimum Gasteiger partial charge on any atom is -0.258 e. The van der Waals surface area contributed by atoms with Crippen LogP contribution in [0.3, 0.4) is 0 Å². The molecule has 0 unspecified atom stereocenters. The molecule has 0 aliphatic rings. The molecule has 2 heteroatoms. The van der Waals surface area contributed by atoms with Crippen molar-refractivity contribution in [2.45, 2.75) is 65.2 Å². The van der Waals surface area contributed by atoms with Gasteiger partial charge in [-0.3, -0.25) is 10.9 Å². The number of nitrogens with one attached hydrogen (secondary N) is 2. The fraction of sp³-hybridized carbons (Fsp3) is 1.00. The van der Waals surface area contributed by atoms with Crippen molar-refractivity contribution < 1.29 is 0 Å². The molecule has 0 rings (SSSR count). The van der Waals surface area contributed by atoms with E-state index < -0.39 is 0 Å². The Labute approximate surface area is 89.8 Å². The van der Waals surface area contributed by atoms with E-state index in [1.54, 1.807) is 0 Å². The third-order valence-corrected chi connectivity index (χ3v) is 2.44. The molecular weight excluding hydrogens is 172 g/mol. The van der Waals surface area contributed by atoms with Crippen molar-refractivity contribution in [2.24, 2.45) is 0 Å². The monoisotopic (exact) mass is 200 g/mol. The minimum atomic E-state index is 1.10. The predicted octanol–water partition coefficient (Wildman–Crippen LogP) is 3.24. The molecule has 0 aromatic rings. The Morgan fingerprint density at radius 3 is 1.71 bits per heavy atom. The highest BCUT2D eigenvalue weighted by atomic mass is 15.3. The molecule has 0 aromatic carbocycles. The van der Waals surface area contributed by atoms with Gasteiger partial charge in [0.05, 0.1) is 0 Å². The van der Waals surface area contributed by atoms with E-state index in [1.165, 1.54) is 51.4 Å². The molecule has 0 atom stereocenters. The van der Waals surface area contributed by atoms with Gasteiger partial charge in [0.15, 0.2) is 0 Å². The van der Waals surface area contributed by atoms with Crippen molar-refractivity contribution in [3.63, 3.8) is 0 Å². The Balaban J connectivity index is 2.78. The summed E-state index contributed by atoms with van der Waals surface area (Å²) in [5.41, 5.74) is 6.50. The van der Waals surface area contributed by atoms with Gasteiger partial charge in [-0.05, 0) is 12.8 Å². The average molecular weight is 200 g/mol. The van der Waals surface area contributed by atoms with Crippen LogP contribution in [0.1, 0.15) is 65.2 Å². The molecular formula is C12H28N2. The highest BCUT2D eigenvalue weighted by molar-refractivity contribution is 4.47. The zero-order chi connectivity index (χ0) is 10.5. The summed E-state index contributed by atoms with van der Waals surface area (Å²) < 4.78 is 0. The van der Waals surface area contributed by atoms with Crippen LogP contribution in [0.5, 0.6) is 0 Å². The fourth-order valence-electron chi connectivity index (χ4n) is 1.44. The first kappa shape index (κ1) is 13.9. The Hall–Kier alpha value is -0.0800. The van der Waals surface area contributed by atoms with E-state index in [2.05, 4.69) is 24.7 Å². The van der Waals surface area contributed by atoms with Gasteiger partial charge >= 0.3 is 0 Å². The zero-order valence-corrected chi connectivity index (χ0v) is 10.1. The largest absolute Gasteiger partial charge is 0.258 e. The van der Waals surface area contributed by atoms with E-state index in [1.807, 2.05) is 0 Å². The van der Waals surface area contributed by atoms with Crippen LogP contribution in [0.25, 0.3) is 0 Å². The smallest absolute Gasteiger partial charge is 0.00997 e. The summed E-state index contributed by atoms with van der Waals surface area (Å²) in [6, 6.07) is 0. The summed E-state index contributed by atoms with van der Waals surface area (Å²) in [5, 5.41) is 0. The van der Waals surface area contributed by atoms with Gasteiger partial charge in [0, 0.05) is 13.1 Å². The van der Waals surface area contributed by atoms with E-state index >= 15 is 0 Å². The summed E-state index contributed by atoms with van der Waals surface area (Å²) in [5.74, 6) is 0. The van der Waals surface area contributed by atoms with Crippen LogP contribution in [0.4, 0.5) is 0 Å². The number of hydrogen-bond acceptors (Lipinski definition) is 2. The van der Waals surface area contributed by atoms with Crippen molar-refractivity contribution in [1.29, 1.82) is 0 Å². The van der Waals surface area contributed by atoms with Gasteiger partial charge in [0.1, 0.15) is 0 Å². The molecule has 0 aliphatic heterocycles. The fourth-order valence-corrected chi connectivity index (χ4v) is 1.44. The number of hydrazine groups is 1. The van der Waals surface area contributed by atoms with E-state index in [4.69, 9.17) is 0 Å². The van der Waals surface area contributed by atoms with E-state index in [9.17, 15) is 0 Å².